The van der Waals surface area contributed by atoms with Crippen LogP contribution < -0.4 is 0 Å². The highest BCUT2D eigenvalue weighted by molar-refractivity contribution is 9.09. The molecule has 0 saturated heterocycles. The highest BCUT2D eigenvalue weighted by atomic mass is 79.9. The minimum atomic E-state index is -4.19. The summed E-state index contributed by atoms with van der Waals surface area (Å²) in [4.78, 5) is 0.115. The van der Waals surface area contributed by atoms with Crippen molar-refractivity contribution in [3.8, 4) is 0 Å². The average molecular weight is 292 g/mol. The molecule has 0 amide bonds. The molecule has 0 aromatic carbocycles. The fourth-order valence-electron chi connectivity index (χ4n) is 0.913. The van der Waals surface area contributed by atoms with Gasteiger partial charge in [0.2, 0.25) is 0 Å². The van der Waals surface area contributed by atoms with Gasteiger partial charge in [-0.15, -0.1) is 0 Å². The Morgan fingerprint density at radius 3 is 2.27 bits per heavy atom. The second-order valence-corrected chi connectivity index (χ2v) is 4.80. The molecule has 0 rings (SSSR count). The molecule has 0 fully saturated rings. The van der Waals surface area contributed by atoms with Crippen LogP contribution in [0.2, 0.25) is 0 Å². The van der Waals surface area contributed by atoms with E-state index in [1.807, 2.05) is 13.8 Å². The van der Waals surface area contributed by atoms with Gasteiger partial charge >= 0.3 is 6.18 Å². The molecule has 0 aliphatic carbocycles. The van der Waals surface area contributed by atoms with E-state index in [0.717, 1.165) is 0 Å². The van der Waals surface area contributed by atoms with Gasteiger partial charge in [0, 0.05) is 13.1 Å². The number of hydrogen-bond acceptors (Lipinski definition) is 2. The molecule has 0 N–H and O–H groups in total. The molecule has 0 aromatic heterocycles. The number of halogens is 4. The van der Waals surface area contributed by atoms with E-state index in [2.05, 4.69) is 15.9 Å². The number of hydrogen-bond donors (Lipinski definition) is 0. The normalized spacial score (nSPS) is 15.0. The van der Waals surface area contributed by atoms with E-state index in [0.29, 0.717) is 13.2 Å². The van der Waals surface area contributed by atoms with Crippen LogP contribution in [-0.4, -0.2) is 48.8 Å². The van der Waals surface area contributed by atoms with Crippen molar-refractivity contribution >= 4 is 15.9 Å². The van der Waals surface area contributed by atoms with Crippen molar-refractivity contribution in [1.29, 1.82) is 0 Å². The third-order valence-electron chi connectivity index (χ3n) is 1.75. The summed E-state index contributed by atoms with van der Waals surface area (Å²) >= 11 is 2.61. The molecule has 1 atom stereocenters. The first kappa shape index (κ1) is 15.2. The molecule has 0 saturated carbocycles. The lowest BCUT2D eigenvalue weighted by atomic mass is 10.4. The van der Waals surface area contributed by atoms with Crippen LogP contribution in [0.3, 0.4) is 0 Å². The van der Waals surface area contributed by atoms with Gasteiger partial charge in [0.15, 0.2) is 0 Å². The Morgan fingerprint density at radius 1 is 1.33 bits per heavy atom. The number of nitrogens with zero attached hydrogens (tertiary/aromatic N) is 1. The molecule has 2 nitrogen and oxygen atoms in total. The van der Waals surface area contributed by atoms with E-state index in [1.54, 1.807) is 11.9 Å². The zero-order valence-electron chi connectivity index (χ0n) is 9.14. The fraction of sp³-hybridized carbons (Fsp3) is 1.00. The van der Waals surface area contributed by atoms with Gasteiger partial charge in [-0.1, -0.05) is 15.9 Å². The van der Waals surface area contributed by atoms with Crippen LogP contribution in [0.25, 0.3) is 0 Å². The van der Waals surface area contributed by atoms with E-state index in [1.165, 1.54) is 0 Å². The van der Waals surface area contributed by atoms with Crippen LogP contribution in [0.4, 0.5) is 13.2 Å². The average Bonchev–Trinajstić information content (AvgIpc) is 2.01. The largest absolute Gasteiger partial charge is 0.402 e. The minimum absolute atomic E-state index is 0.0645. The molecule has 0 aliphatic rings. The Kier molecular flexibility index (Phi) is 6.79. The fourth-order valence-corrected chi connectivity index (χ4v) is 1.41. The topological polar surface area (TPSA) is 12.5 Å². The lowest BCUT2D eigenvalue weighted by Crippen LogP contribution is -2.37. The van der Waals surface area contributed by atoms with Crippen molar-refractivity contribution in [1.82, 2.24) is 4.90 Å². The molecule has 15 heavy (non-hydrogen) atoms. The van der Waals surface area contributed by atoms with Crippen LogP contribution in [0.5, 0.6) is 0 Å². The van der Waals surface area contributed by atoms with Crippen molar-refractivity contribution in [2.24, 2.45) is 0 Å². The summed E-state index contributed by atoms with van der Waals surface area (Å²) < 4.78 is 41.7. The summed E-state index contributed by atoms with van der Waals surface area (Å²) in [6, 6.07) is 0. The molecule has 0 spiro atoms. The smallest absolute Gasteiger partial charge is 0.377 e. The predicted octanol–water partition coefficient (Wildman–Crippen LogP) is 2.67. The van der Waals surface area contributed by atoms with Gasteiger partial charge < -0.3 is 9.64 Å². The maximum Gasteiger partial charge on any atom is 0.402 e. The molecule has 6 heteroatoms. The van der Waals surface area contributed by atoms with Gasteiger partial charge in [-0.05, 0) is 20.9 Å². The van der Waals surface area contributed by atoms with Crippen molar-refractivity contribution in [2.75, 3.05) is 26.7 Å². The van der Waals surface area contributed by atoms with Gasteiger partial charge in [0.1, 0.15) is 4.83 Å². The Hall–Kier alpha value is 0.190. The first-order chi connectivity index (χ1) is 6.73. The summed E-state index contributed by atoms with van der Waals surface area (Å²) in [5.41, 5.74) is 0. The summed E-state index contributed by atoms with van der Waals surface area (Å²) in [7, 11) is 1.64. The summed E-state index contributed by atoms with van der Waals surface area (Å²) in [6.07, 6.45) is -4.08. The number of alkyl halides is 4. The molecule has 0 bridgehead atoms. The maximum atomic E-state index is 12.2. The van der Waals surface area contributed by atoms with Gasteiger partial charge in [0.05, 0.1) is 12.7 Å². The Labute approximate surface area is 96.9 Å². The summed E-state index contributed by atoms with van der Waals surface area (Å²) in [6.45, 7) is 4.67. The molecular weight excluding hydrogens is 275 g/mol. The zero-order chi connectivity index (χ0) is 12.1. The second kappa shape index (κ2) is 6.70. The Bertz CT molecular complexity index is 175. The van der Waals surface area contributed by atoms with Crippen LogP contribution >= 0.6 is 15.9 Å². The molecule has 0 aliphatic heterocycles. The van der Waals surface area contributed by atoms with Crippen molar-refractivity contribution in [3.05, 3.63) is 0 Å². The van der Waals surface area contributed by atoms with Crippen LogP contribution in [0, 0.1) is 0 Å². The van der Waals surface area contributed by atoms with Gasteiger partial charge in [0.25, 0.3) is 0 Å². The quantitative estimate of drug-likeness (QED) is 0.698. The lowest BCUT2D eigenvalue weighted by molar-refractivity contribution is -0.130. The zero-order valence-corrected chi connectivity index (χ0v) is 10.7. The predicted molar refractivity (Wildman–Crippen MR) is 57.4 cm³/mol. The van der Waals surface area contributed by atoms with E-state index in [-0.39, 0.29) is 12.6 Å². The molecular formula is C9H17BrF3NO. The van der Waals surface area contributed by atoms with Gasteiger partial charge in [-0.2, -0.15) is 13.2 Å². The van der Waals surface area contributed by atoms with E-state index in [4.69, 9.17) is 4.74 Å². The van der Waals surface area contributed by atoms with E-state index < -0.39 is 11.0 Å². The Balaban J connectivity index is 3.69. The summed E-state index contributed by atoms with van der Waals surface area (Å²) in [5.74, 6) is 0. The van der Waals surface area contributed by atoms with Crippen LogP contribution in [-0.2, 0) is 4.74 Å². The van der Waals surface area contributed by atoms with Gasteiger partial charge in [-0.3, -0.25) is 0 Å². The Morgan fingerprint density at radius 2 is 1.87 bits per heavy atom. The second-order valence-electron chi connectivity index (χ2n) is 3.69. The maximum absolute atomic E-state index is 12.2. The van der Waals surface area contributed by atoms with E-state index in [9.17, 15) is 13.2 Å². The van der Waals surface area contributed by atoms with Crippen molar-refractivity contribution in [2.45, 2.75) is 31.0 Å². The third kappa shape index (κ3) is 8.04. The first-order valence-electron chi connectivity index (χ1n) is 4.74. The minimum Gasteiger partial charge on any atom is -0.377 e. The highest BCUT2D eigenvalue weighted by Crippen LogP contribution is 2.26. The van der Waals surface area contributed by atoms with Gasteiger partial charge in [-0.25, -0.2) is 0 Å². The lowest BCUT2D eigenvalue weighted by Gasteiger charge is -2.22. The number of likely N-dealkylation sites (N-methyl/N-ethyl adjacent to an activating group) is 1. The van der Waals surface area contributed by atoms with Crippen molar-refractivity contribution in [3.63, 3.8) is 0 Å². The van der Waals surface area contributed by atoms with E-state index >= 15 is 0 Å². The third-order valence-corrected chi connectivity index (χ3v) is 2.56. The standard InChI is InChI=1S/C9H17BrF3NO/c1-7(2)15-5-4-14(3)6-8(10)9(11,12)13/h7-8H,4-6H2,1-3H3. The molecule has 0 heterocycles. The molecule has 0 radical (unpaired) electrons. The van der Waals surface area contributed by atoms with Crippen LogP contribution in [0.15, 0.2) is 0 Å². The number of rotatable bonds is 6. The highest BCUT2D eigenvalue weighted by Gasteiger charge is 2.37. The SMILES string of the molecule is CC(C)OCCN(C)CC(Br)C(F)(F)F. The molecule has 1 unspecified atom stereocenters. The monoisotopic (exact) mass is 291 g/mol. The first-order valence-corrected chi connectivity index (χ1v) is 5.66. The molecule has 92 valence electrons. The van der Waals surface area contributed by atoms with Crippen molar-refractivity contribution < 1.29 is 17.9 Å². The number of ether oxygens (including phenoxy) is 1. The summed E-state index contributed by atoms with van der Waals surface area (Å²) in [5, 5.41) is 0. The van der Waals surface area contributed by atoms with Crippen LogP contribution in [0.1, 0.15) is 13.8 Å². The molecule has 0 aromatic rings.